The van der Waals surface area contributed by atoms with E-state index >= 15 is 0 Å². The van der Waals surface area contributed by atoms with Crippen LogP contribution in [0.1, 0.15) is 31.7 Å². The van der Waals surface area contributed by atoms with Gasteiger partial charge in [-0.3, -0.25) is 4.57 Å². The molecular formula is C16H17IN4O2. The van der Waals surface area contributed by atoms with E-state index in [0.717, 1.165) is 40.7 Å². The van der Waals surface area contributed by atoms with Crippen molar-refractivity contribution in [1.29, 1.82) is 0 Å². The predicted octanol–water partition coefficient (Wildman–Crippen LogP) is 3.14. The summed E-state index contributed by atoms with van der Waals surface area (Å²) >= 11 is 2.24. The summed E-state index contributed by atoms with van der Waals surface area (Å²) in [5, 5.41) is 3.19. The van der Waals surface area contributed by atoms with Gasteiger partial charge in [0.1, 0.15) is 0 Å². The van der Waals surface area contributed by atoms with E-state index in [4.69, 9.17) is 10.5 Å². The van der Waals surface area contributed by atoms with Gasteiger partial charge in [-0.05, 0) is 66.5 Å². The zero-order valence-corrected chi connectivity index (χ0v) is 14.6. The molecule has 1 aliphatic carbocycles. The summed E-state index contributed by atoms with van der Waals surface area (Å²) in [5.74, 6) is 1.82. The molecule has 0 saturated heterocycles. The van der Waals surface area contributed by atoms with Gasteiger partial charge < -0.3 is 15.8 Å². The molecular weight excluding hydrogens is 407 g/mol. The number of nitrogens with two attached hydrogens (primary N) is 1. The Hall–Kier alpha value is -1.61. The number of hydrogen-bond acceptors (Lipinski definition) is 5. The van der Waals surface area contributed by atoms with E-state index in [1.54, 1.807) is 10.8 Å². The summed E-state index contributed by atoms with van der Waals surface area (Å²) in [6.07, 6.45) is 5.47. The minimum absolute atomic E-state index is 0.154. The monoisotopic (exact) mass is 424 g/mol. The van der Waals surface area contributed by atoms with Crippen LogP contribution in [-0.4, -0.2) is 15.6 Å². The lowest BCUT2D eigenvalue weighted by Gasteiger charge is -2.28. The Morgan fingerprint density at radius 1 is 1.26 bits per heavy atom. The molecule has 7 heteroatoms. The third-order valence-electron chi connectivity index (χ3n) is 4.47. The molecule has 120 valence electrons. The van der Waals surface area contributed by atoms with Gasteiger partial charge in [0.25, 0.3) is 0 Å². The lowest BCUT2D eigenvalue weighted by atomic mass is 9.92. The summed E-state index contributed by atoms with van der Waals surface area (Å²) < 4.78 is 8.72. The molecule has 0 atom stereocenters. The van der Waals surface area contributed by atoms with Crippen molar-refractivity contribution in [2.75, 3.05) is 5.32 Å². The molecule has 2 heterocycles. The molecule has 0 amide bonds. The number of rotatable bonds is 1. The van der Waals surface area contributed by atoms with Crippen LogP contribution in [-0.2, 0) is 0 Å². The van der Waals surface area contributed by atoms with Gasteiger partial charge in [0.05, 0.1) is 11.9 Å². The highest BCUT2D eigenvalue weighted by molar-refractivity contribution is 14.1. The molecule has 0 spiro atoms. The fourth-order valence-electron chi connectivity index (χ4n) is 3.19. The average Bonchev–Trinajstić information content (AvgIpc) is 2.53. The Labute approximate surface area is 147 Å². The van der Waals surface area contributed by atoms with Crippen molar-refractivity contribution in [3.63, 3.8) is 0 Å². The molecule has 6 nitrogen and oxygen atoms in total. The third kappa shape index (κ3) is 2.83. The largest absolute Gasteiger partial charge is 0.450 e. The van der Waals surface area contributed by atoms with Crippen LogP contribution >= 0.6 is 22.6 Å². The maximum Gasteiger partial charge on any atom is 0.350 e. The van der Waals surface area contributed by atoms with Crippen LogP contribution in [0.5, 0.6) is 11.5 Å². The zero-order valence-electron chi connectivity index (χ0n) is 12.5. The Morgan fingerprint density at radius 3 is 2.83 bits per heavy atom. The van der Waals surface area contributed by atoms with Crippen molar-refractivity contribution in [3.8, 4) is 11.5 Å². The maximum absolute atomic E-state index is 12.4. The SMILES string of the molecule is N[C@H]1CC[C@H](n2cc3c(nc2=O)Nc2cc(I)ccc2O3)CC1. The molecule has 2 aliphatic rings. The van der Waals surface area contributed by atoms with Gasteiger partial charge in [-0.15, -0.1) is 0 Å². The van der Waals surface area contributed by atoms with E-state index in [9.17, 15) is 4.79 Å². The molecule has 0 unspecified atom stereocenters. The van der Waals surface area contributed by atoms with E-state index in [0.29, 0.717) is 11.6 Å². The number of halogens is 1. The van der Waals surface area contributed by atoms with Crippen molar-refractivity contribution in [1.82, 2.24) is 9.55 Å². The Bertz CT molecular complexity index is 812. The predicted molar refractivity (Wildman–Crippen MR) is 96.5 cm³/mol. The first kappa shape index (κ1) is 14.9. The fraction of sp³-hybridized carbons (Fsp3) is 0.375. The van der Waals surface area contributed by atoms with Crippen LogP contribution in [0, 0.1) is 3.57 Å². The van der Waals surface area contributed by atoms with Crippen LogP contribution < -0.4 is 21.5 Å². The zero-order chi connectivity index (χ0) is 16.0. The standard InChI is InChI=1S/C16H17IN4O2/c17-9-1-6-13-12(7-9)19-15-14(23-13)8-21(16(22)20-15)11-4-2-10(18)3-5-11/h1,6-8,10-11H,2-5,18H2,(H,19,20,22)/t10-,11-. The number of hydrogen-bond donors (Lipinski definition) is 2. The van der Waals surface area contributed by atoms with Gasteiger partial charge in [-0.2, -0.15) is 4.98 Å². The second-order valence-electron chi connectivity index (χ2n) is 6.08. The lowest BCUT2D eigenvalue weighted by molar-refractivity contribution is 0.312. The normalized spacial score (nSPS) is 22.5. The number of benzene rings is 1. The van der Waals surface area contributed by atoms with Gasteiger partial charge in [-0.25, -0.2) is 4.79 Å². The fourth-order valence-corrected chi connectivity index (χ4v) is 3.68. The Balaban J connectivity index is 1.68. The second kappa shape index (κ2) is 5.79. The van der Waals surface area contributed by atoms with E-state index in [-0.39, 0.29) is 17.8 Å². The van der Waals surface area contributed by atoms with E-state index < -0.39 is 0 Å². The molecule has 1 aliphatic heterocycles. The van der Waals surface area contributed by atoms with Gasteiger partial charge in [-0.1, -0.05) is 0 Å². The van der Waals surface area contributed by atoms with Crippen LogP contribution in [0.25, 0.3) is 0 Å². The number of nitrogens with zero attached hydrogens (tertiary/aromatic N) is 2. The van der Waals surface area contributed by atoms with Crippen LogP contribution in [0.2, 0.25) is 0 Å². The third-order valence-corrected chi connectivity index (χ3v) is 5.14. The molecule has 0 radical (unpaired) electrons. The van der Waals surface area contributed by atoms with Crippen molar-refractivity contribution < 1.29 is 4.74 Å². The molecule has 1 saturated carbocycles. The average molecular weight is 424 g/mol. The molecule has 1 aromatic carbocycles. The first-order chi connectivity index (χ1) is 11.1. The quantitative estimate of drug-likeness (QED) is 0.587. The molecule has 3 N–H and O–H groups in total. The first-order valence-electron chi connectivity index (χ1n) is 7.73. The molecule has 2 aromatic rings. The second-order valence-corrected chi connectivity index (χ2v) is 7.33. The summed E-state index contributed by atoms with van der Waals surface area (Å²) in [6, 6.07) is 6.27. The molecule has 23 heavy (non-hydrogen) atoms. The number of anilines is 2. The Kier molecular flexibility index (Phi) is 3.76. The van der Waals surface area contributed by atoms with Crippen molar-refractivity contribution >= 4 is 34.1 Å². The van der Waals surface area contributed by atoms with Gasteiger partial charge in [0, 0.05) is 15.7 Å². The minimum atomic E-state index is -0.241. The Morgan fingerprint density at radius 2 is 2.04 bits per heavy atom. The highest BCUT2D eigenvalue weighted by Gasteiger charge is 2.25. The van der Waals surface area contributed by atoms with Crippen LogP contribution in [0.3, 0.4) is 0 Å². The van der Waals surface area contributed by atoms with E-state index in [1.165, 1.54) is 0 Å². The topological polar surface area (TPSA) is 82.2 Å². The van der Waals surface area contributed by atoms with Crippen molar-refractivity contribution in [3.05, 3.63) is 38.5 Å². The minimum Gasteiger partial charge on any atom is -0.450 e. The van der Waals surface area contributed by atoms with Gasteiger partial charge in [0.2, 0.25) is 0 Å². The smallest absolute Gasteiger partial charge is 0.350 e. The van der Waals surface area contributed by atoms with Gasteiger partial charge >= 0.3 is 5.69 Å². The van der Waals surface area contributed by atoms with Crippen LogP contribution in [0.4, 0.5) is 11.5 Å². The number of nitrogens with one attached hydrogen (secondary N) is 1. The first-order valence-corrected chi connectivity index (χ1v) is 8.81. The van der Waals surface area contributed by atoms with E-state index in [1.807, 2.05) is 18.2 Å². The number of ether oxygens (including phenoxy) is 1. The molecule has 4 rings (SSSR count). The number of fused-ring (bicyclic) bond motifs is 2. The lowest BCUT2D eigenvalue weighted by Crippen LogP contribution is -2.33. The summed E-state index contributed by atoms with van der Waals surface area (Å²) in [5.41, 5.74) is 6.54. The molecule has 1 fully saturated rings. The maximum atomic E-state index is 12.4. The highest BCUT2D eigenvalue weighted by atomic mass is 127. The number of aromatic nitrogens is 2. The summed E-state index contributed by atoms with van der Waals surface area (Å²) in [4.78, 5) is 16.5. The van der Waals surface area contributed by atoms with Crippen molar-refractivity contribution in [2.45, 2.75) is 37.8 Å². The van der Waals surface area contributed by atoms with E-state index in [2.05, 4.69) is 32.9 Å². The van der Waals surface area contributed by atoms with Crippen LogP contribution in [0.15, 0.2) is 29.2 Å². The summed E-state index contributed by atoms with van der Waals surface area (Å²) in [7, 11) is 0. The summed E-state index contributed by atoms with van der Waals surface area (Å²) in [6.45, 7) is 0. The highest BCUT2D eigenvalue weighted by Crippen LogP contribution is 2.41. The molecule has 1 aromatic heterocycles. The molecule has 0 bridgehead atoms. The van der Waals surface area contributed by atoms with Crippen molar-refractivity contribution in [2.24, 2.45) is 5.73 Å². The van der Waals surface area contributed by atoms with Gasteiger partial charge in [0.15, 0.2) is 17.3 Å².